The number of piperidine rings is 1. The van der Waals surface area contributed by atoms with Crippen molar-refractivity contribution in [2.75, 3.05) is 12.4 Å². The molecule has 1 aromatic carbocycles. The molecule has 3 aliphatic rings. The van der Waals surface area contributed by atoms with Crippen molar-refractivity contribution in [1.29, 1.82) is 0 Å². The molecule has 3 atom stereocenters. The van der Waals surface area contributed by atoms with Gasteiger partial charge in [-0.3, -0.25) is 9.89 Å². The van der Waals surface area contributed by atoms with E-state index in [4.69, 9.17) is 0 Å². The van der Waals surface area contributed by atoms with Gasteiger partial charge in [0.25, 0.3) is 5.91 Å². The number of H-pyrrole nitrogens is 1. The fourth-order valence-corrected chi connectivity index (χ4v) is 5.47. The van der Waals surface area contributed by atoms with Gasteiger partial charge in [0.2, 0.25) is 0 Å². The second-order valence-corrected chi connectivity index (χ2v) is 9.10. The minimum absolute atomic E-state index is 0.150. The number of rotatable bonds is 4. The van der Waals surface area contributed by atoms with Crippen molar-refractivity contribution in [2.24, 2.45) is 0 Å². The molecular formula is C22H30N6O2. The van der Waals surface area contributed by atoms with Gasteiger partial charge in [0.05, 0.1) is 5.52 Å². The highest BCUT2D eigenvalue weighted by atomic mass is 16.2. The van der Waals surface area contributed by atoms with Crippen LogP contribution in [-0.2, 0) is 0 Å². The molecule has 2 aromatic rings. The lowest BCUT2D eigenvalue weighted by atomic mass is 9.98. The first-order valence-corrected chi connectivity index (χ1v) is 11.2. The molecule has 160 valence electrons. The first-order valence-electron chi connectivity index (χ1n) is 11.2. The molecule has 1 aromatic heterocycles. The number of benzene rings is 1. The quantitative estimate of drug-likeness (QED) is 0.622. The predicted octanol–water partition coefficient (Wildman–Crippen LogP) is 2.98. The SMILES string of the molecule is CN1[C@@H]2CC[C@H]1CC(NC(=O)c1n[nH]c3ccc(NC(=O)NC4CCCC4)cc13)C2. The highest BCUT2D eigenvalue weighted by molar-refractivity contribution is 6.06. The molecule has 8 nitrogen and oxygen atoms in total. The zero-order valence-electron chi connectivity index (χ0n) is 17.4. The van der Waals surface area contributed by atoms with Crippen LogP contribution in [0.1, 0.15) is 61.9 Å². The summed E-state index contributed by atoms with van der Waals surface area (Å²) >= 11 is 0. The zero-order valence-corrected chi connectivity index (χ0v) is 17.4. The number of urea groups is 1. The van der Waals surface area contributed by atoms with E-state index in [0.29, 0.717) is 23.5 Å². The van der Waals surface area contributed by atoms with Gasteiger partial charge in [0.1, 0.15) is 0 Å². The number of amides is 3. The summed E-state index contributed by atoms with van der Waals surface area (Å²) in [6.45, 7) is 0. The number of aromatic amines is 1. The molecule has 30 heavy (non-hydrogen) atoms. The minimum atomic E-state index is -0.197. The molecule has 4 N–H and O–H groups in total. The van der Waals surface area contributed by atoms with Crippen LogP contribution >= 0.6 is 0 Å². The van der Waals surface area contributed by atoms with Crippen molar-refractivity contribution in [3.63, 3.8) is 0 Å². The molecule has 3 fully saturated rings. The van der Waals surface area contributed by atoms with Crippen LogP contribution in [0.2, 0.25) is 0 Å². The smallest absolute Gasteiger partial charge is 0.319 e. The monoisotopic (exact) mass is 410 g/mol. The molecule has 2 saturated heterocycles. The van der Waals surface area contributed by atoms with Gasteiger partial charge < -0.3 is 20.9 Å². The maximum absolute atomic E-state index is 13.0. The fourth-order valence-electron chi connectivity index (χ4n) is 5.47. The maximum Gasteiger partial charge on any atom is 0.319 e. The standard InChI is InChI=1S/C22H30N6O2/c1-28-16-7-8-17(28)11-15(10-16)23-21(29)20-18-12-14(6-9-19(18)26-27-20)25-22(30)24-13-4-2-3-5-13/h6,9,12-13,15-17H,2-5,7-8,10-11H2,1H3,(H,23,29)(H,26,27)(H2,24,25,30)/t15?,16-,17+. The van der Waals surface area contributed by atoms with Gasteiger partial charge in [0, 0.05) is 35.2 Å². The van der Waals surface area contributed by atoms with E-state index in [2.05, 4.69) is 38.1 Å². The summed E-state index contributed by atoms with van der Waals surface area (Å²) in [6, 6.07) is 6.88. The van der Waals surface area contributed by atoms with E-state index in [1.165, 1.54) is 25.7 Å². The lowest BCUT2D eigenvalue weighted by molar-refractivity contribution is 0.0879. The third-order valence-electron chi connectivity index (χ3n) is 7.16. The van der Waals surface area contributed by atoms with Crippen LogP contribution < -0.4 is 16.0 Å². The molecule has 1 saturated carbocycles. The number of carbonyl (C=O) groups is 2. The van der Waals surface area contributed by atoms with E-state index in [1.54, 1.807) is 0 Å². The topological polar surface area (TPSA) is 102 Å². The highest BCUT2D eigenvalue weighted by Gasteiger charge is 2.39. The Morgan fingerprint density at radius 1 is 1.03 bits per heavy atom. The predicted molar refractivity (Wildman–Crippen MR) is 116 cm³/mol. The first kappa shape index (κ1) is 19.4. The Kier molecular flexibility index (Phi) is 5.10. The number of hydrogen-bond acceptors (Lipinski definition) is 4. The Morgan fingerprint density at radius 2 is 1.77 bits per heavy atom. The summed E-state index contributed by atoms with van der Waals surface area (Å²) in [5, 5.41) is 17.0. The normalized spacial score (nSPS) is 26.8. The Morgan fingerprint density at radius 3 is 2.50 bits per heavy atom. The number of fused-ring (bicyclic) bond motifs is 3. The van der Waals surface area contributed by atoms with Crippen LogP contribution in [0.5, 0.6) is 0 Å². The van der Waals surface area contributed by atoms with E-state index < -0.39 is 0 Å². The van der Waals surface area contributed by atoms with Gasteiger partial charge in [-0.25, -0.2) is 4.79 Å². The van der Waals surface area contributed by atoms with Crippen LogP contribution in [0.4, 0.5) is 10.5 Å². The van der Waals surface area contributed by atoms with Crippen molar-refractivity contribution < 1.29 is 9.59 Å². The molecule has 1 aliphatic carbocycles. The van der Waals surface area contributed by atoms with E-state index in [0.717, 1.165) is 36.6 Å². The van der Waals surface area contributed by atoms with Crippen LogP contribution in [0, 0.1) is 0 Å². The van der Waals surface area contributed by atoms with Gasteiger partial charge >= 0.3 is 6.03 Å². The van der Waals surface area contributed by atoms with Gasteiger partial charge in [-0.15, -0.1) is 0 Å². The first-order chi connectivity index (χ1) is 14.6. The molecule has 5 rings (SSSR count). The van der Waals surface area contributed by atoms with E-state index in [-0.39, 0.29) is 24.0 Å². The third-order valence-corrected chi connectivity index (χ3v) is 7.16. The Hall–Kier alpha value is -2.61. The Bertz CT molecular complexity index is 936. The van der Waals surface area contributed by atoms with Crippen LogP contribution in [0.3, 0.4) is 0 Å². The molecule has 0 radical (unpaired) electrons. The van der Waals surface area contributed by atoms with E-state index in [9.17, 15) is 9.59 Å². The Labute approximate surface area is 176 Å². The fraction of sp³-hybridized carbons (Fsp3) is 0.591. The Balaban J connectivity index is 1.27. The van der Waals surface area contributed by atoms with Gasteiger partial charge in [-0.1, -0.05) is 12.8 Å². The maximum atomic E-state index is 13.0. The summed E-state index contributed by atoms with van der Waals surface area (Å²) in [5.74, 6) is -0.150. The van der Waals surface area contributed by atoms with Crippen molar-refractivity contribution in [3.8, 4) is 0 Å². The summed E-state index contributed by atoms with van der Waals surface area (Å²) in [7, 11) is 2.19. The molecule has 2 aliphatic heterocycles. The van der Waals surface area contributed by atoms with E-state index >= 15 is 0 Å². The molecule has 3 heterocycles. The number of anilines is 1. The van der Waals surface area contributed by atoms with Crippen LogP contribution in [-0.4, -0.2) is 58.3 Å². The summed E-state index contributed by atoms with van der Waals surface area (Å²) in [5.41, 5.74) is 1.83. The number of nitrogens with one attached hydrogen (secondary N) is 4. The molecule has 2 bridgehead atoms. The minimum Gasteiger partial charge on any atom is -0.348 e. The molecule has 1 unspecified atom stereocenters. The van der Waals surface area contributed by atoms with E-state index in [1.807, 2.05) is 18.2 Å². The number of aromatic nitrogens is 2. The summed E-state index contributed by atoms with van der Waals surface area (Å²) in [6.07, 6.45) is 8.85. The lowest BCUT2D eigenvalue weighted by Crippen LogP contribution is -2.48. The van der Waals surface area contributed by atoms with Crippen molar-refractivity contribution in [1.82, 2.24) is 25.7 Å². The van der Waals surface area contributed by atoms with Crippen LogP contribution in [0.15, 0.2) is 18.2 Å². The zero-order chi connectivity index (χ0) is 20.7. The van der Waals surface area contributed by atoms with Gasteiger partial charge in [-0.2, -0.15) is 5.10 Å². The van der Waals surface area contributed by atoms with Crippen molar-refractivity contribution >= 4 is 28.5 Å². The average molecular weight is 411 g/mol. The number of carbonyl (C=O) groups excluding carboxylic acids is 2. The van der Waals surface area contributed by atoms with Gasteiger partial charge in [0.15, 0.2) is 5.69 Å². The number of nitrogens with zero attached hydrogens (tertiary/aromatic N) is 2. The number of hydrogen-bond donors (Lipinski definition) is 4. The highest BCUT2D eigenvalue weighted by Crippen LogP contribution is 2.34. The van der Waals surface area contributed by atoms with Crippen molar-refractivity contribution in [2.45, 2.75) is 75.5 Å². The molecular weight excluding hydrogens is 380 g/mol. The van der Waals surface area contributed by atoms with Gasteiger partial charge in [-0.05, 0) is 63.8 Å². The average Bonchev–Trinajstić information content (AvgIpc) is 3.41. The summed E-state index contributed by atoms with van der Waals surface area (Å²) < 4.78 is 0. The second kappa shape index (κ2) is 7.91. The second-order valence-electron chi connectivity index (χ2n) is 9.10. The molecule has 3 amide bonds. The summed E-state index contributed by atoms with van der Waals surface area (Å²) in [4.78, 5) is 27.7. The van der Waals surface area contributed by atoms with Crippen LogP contribution in [0.25, 0.3) is 10.9 Å². The lowest BCUT2D eigenvalue weighted by Gasteiger charge is -2.36. The molecule has 8 heteroatoms. The third kappa shape index (κ3) is 3.76. The largest absolute Gasteiger partial charge is 0.348 e. The van der Waals surface area contributed by atoms with Crippen molar-refractivity contribution in [3.05, 3.63) is 23.9 Å². The molecule has 0 spiro atoms.